The molecule has 0 spiro atoms. The van der Waals surface area contributed by atoms with E-state index in [4.69, 9.17) is 23.1 Å². The molecule has 0 bridgehead atoms. The molecule has 0 aromatic heterocycles. The highest BCUT2D eigenvalue weighted by Crippen LogP contribution is 2.14. The van der Waals surface area contributed by atoms with E-state index in [-0.39, 0.29) is 38.1 Å². The summed E-state index contributed by atoms with van der Waals surface area (Å²) in [6.45, 7) is 11.5. The van der Waals surface area contributed by atoms with Gasteiger partial charge in [-0.2, -0.15) is 0 Å². The summed E-state index contributed by atoms with van der Waals surface area (Å²) in [5.74, 6) is -25.7. The van der Waals surface area contributed by atoms with Gasteiger partial charge in [-0.3, -0.25) is 91.1 Å². The van der Waals surface area contributed by atoms with Crippen molar-refractivity contribution in [3.8, 4) is 0 Å². The quantitative estimate of drug-likeness (QED) is 0.0199. The van der Waals surface area contributed by atoms with E-state index in [1.165, 1.54) is 34.6 Å². The normalized spacial score (nSPS) is 14.9. The first-order valence-electron chi connectivity index (χ1n) is 35.0. The molecule has 616 valence electrons. The monoisotopic (exact) mass is 1580 g/mol. The van der Waals surface area contributed by atoms with Gasteiger partial charge in [0.25, 0.3) is 0 Å². The van der Waals surface area contributed by atoms with Crippen LogP contribution in [0.3, 0.4) is 0 Å². The van der Waals surface area contributed by atoms with Gasteiger partial charge in [0.05, 0.1) is 38.8 Å². The molecule has 44 heteroatoms. The molecule has 0 fully saturated rings. The Hall–Kier alpha value is -10.4. The number of nitrogens with two attached hydrogens (primary N) is 2. The molecule has 0 saturated carbocycles. The predicted molar refractivity (Wildman–Crippen MR) is 381 cm³/mol. The van der Waals surface area contributed by atoms with Crippen molar-refractivity contribution in [2.75, 3.05) is 38.7 Å². The predicted octanol–water partition coefficient (Wildman–Crippen LogP) is -8.13. The maximum absolute atomic E-state index is 14.1. The van der Waals surface area contributed by atoms with E-state index >= 15 is 0 Å². The van der Waals surface area contributed by atoms with Crippen LogP contribution in [0.25, 0.3) is 0 Å². The molecular formula is C65H108ClN17O26. The van der Waals surface area contributed by atoms with Gasteiger partial charge in [0.15, 0.2) is 0 Å². The van der Waals surface area contributed by atoms with E-state index in [9.17, 15) is 127 Å². The molecule has 0 aromatic carbocycles. The van der Waals surface area contributed by atoms with Gasteiger partial charge >= 0.3 is 23.9 Å². The molecule has 43 nitrogen and oxygen atoms in total. The van der Waals surface area contributed by atoms with Crippen molar-refractivity contribution in [3.05, 3.63) is 0 Å². The lowest BCUT2D eigenvalue weighted by Gasteiger charge is -2.29. The van der Waals surface area contributed by atoms with E-state index in [1.807, 2.05) is 5.32 Å². The Morgan fingerprint density at radius 3 is 1.20 bits per heavy atom. The zero-order chi connectivity index (χ0) is 83.7. The first-order chi connectivity index (χ1) is 50.8. The number of amides is 16. The SMILES string of the molecule is CC[C@H](C)[C@H](NC(=O)[C@H](CC(C)C)NC(=O)CNC(=O)[C@@H](NC(=O)[C@H](CO)NC(=O)[C@@H](NC(=O)[C@@H](NC(=O)CNC(=O)[C@H](C)NC(=O)[C@H](CCCCN)NC(=O)[C@H](CCC(=O)O)NC(=O)[C@H](CCC(=O)O)NC(=O)[C@H](CCC(N)=O)NC(=O)CNC(=O)[C@H](CC(=O)O)NC(=O)CCl)C(C)C)C(C)C)[C@@H](C)O)C(=O)O. The molecule has 0 saturated heterocycles. The largest absolute Gasteiger partial charge is 0.481 e. The molecule has 109 heavy (non-hydrogen) atoms. The van der Waals surface area contributed by atoms with Crippen LogP contribution in [0.5, 0.6) is 0 Å². The Morgan fingerprint density at radius 2 is 0.771 bits per heavy atom. The van der Waals surface area contributed by atoms with Crippen molar-refractivity contribution in [1.29, 1.82) is 0 Å². The Kier molecular flexibility index (Phi) is 46.1. The number of halogens is 1. The molecule has 0 aliphatic carbocycles. The average Bonchev–Trinajstić information content (AvgIpc) is 0.858. The number of primary amides is 1. The fraction of sp³-hybridized carbons (Fsp3) is 0.692. The van der Waals surface area contributed by atoms with Gasteiger partial charge in [-0.1, -0.05) is 61.8 Å². The van der Waals surface area contributed by atoms with Crippen LogP contribution in [0.2, 0.25) is 0 Å². The van der Waals surface area contributed by atoms with E-state index in [0.717, 1.165) is 6.92 Å². The Morgan fingerprint density at radius 1 is 0.385 bits per heavy atom. The molecule has 0 radical (unpaired) electrons. The summed E-state index contributed by atoms with van der Waals surface area (Å²) < 4.78 is 0. The second-order valence-electron chi connectivity index (χ2n) is 26.6. The number of hydrogen-bond acceptors (Lipinski definition) is 23. The molecule has 0 heterocycles. The number of carboxylic acid groups (broad SMARTS) is 4. The molecule has 0 aromatic rings. The second kappa shape index (κ2) is 51.0. The first kappa shape index (κ1) is 98.6. The lowest BCUT2D eigenvalue weighted by atomic mass is 9.97. The van der Waals surface area contributed by atoms with Gasteiger partial charge in [-0.15, -0.1) is 11.6 Å². The van der Waals surface area contributed by atoms with Crippen LogP contribution in [0.4, 0.5) is 0 Å². The first-order valence-corrected chi connectivity index (χ1v) is 35.5. The van der Waals surface area contributed by atoms with Crippen molar-refractivity contribution < 1.29 is 127 Å². The third kappa shape index (κ3) is 39.3. The highest BCUT2D eigenvalue weighted by Gasteiger charge is 2.38. The van der Waals surface area contributed by atoms with Crippen LogP contribution in [-0.2, 0) is 95.9 Å². The van der Waals surface area contributed by atoms with Crippen LogP contribution in [0, 0.1) is 23.7 Å². The minimum atomic E-state index is -1.91. The highest BCUT2D eigenvalue weighted by atomic mass is 35.5. The smallest absolute Gasteiger partial charge is 0.326 e. The summed E-state index contributed by atoms with van der Waals surface area (Å²) in [7, 11) is 0. The summed E-state index contributed by atoms with van der Waals surface area (Å²) in [6, 6.07) is -19.4. The number of aliphatic hydroxyl groups is 2. The van der Waals surface area contributed by atoms with E-state index < -0.39 is 292 Å². The summed E-state index contributed by atoms with van der Waals surface area (Å²) in [4.78, 5) is 259. The number of nitrogens with one attached hydrogen (secondary N) is 15. The number of carbonyl (C=O) groups excluding carboxylic acids is 16. The fourth-order valence-corrected chi connectivity index (χ4v) is 9.95. The average molecular weight is 1580 g/mol. The van der Waals surface area contributed by atoms with Gasteiger partial charge < -0.3 is 122 Å². The van der Waals surface area contributed by atoms with Crippen LogP contribution in [0.15, 0.2) is 0 Å². The molecule has 0 aliphatic rings. The summed E-state index contributed by atoms with van der Waals surface area (Å²) in [5, 5.41) is 92.9. The molecule has 0 aliphatic heterocycles. The Balaban J connectivity index is 6.35. The zero-order valence-corrected chi connectivity index (χ0v) is 63.2. The standard InChI is InChI=1S/C65H108ClN17O26/c1-11-32(8)52(65(108)109)82-60(103)39(22-29(2)3)75-45(89)26-71-62(105)53(34(10)85)83-61(104)41(28-84)79-63(106)51(31(6)7)81-64(107)50(30(4)5)80-46(90)27-69-54(97)33(9)72-56(99)35(14-12-13-21-67)76-58(101)37(16-19-47(91)92)78-59(102)38(17-20-48(93)94)77-57(100)36(15-18-42(68)86)73-44(88)25-70-55(98)40(23-49(95)96)74-43(87)24-66/h29-41,50-53,84-85H,11-28,67H2,1-10H3,(H2,68,86)(H,69,97)(H,70,98)(H,71,105)(H,72,99)(H,73,88)(H,74,87)(H,75,89)(H,76,101)(H,77,100)(H,78,102)(H,79,106)(H,80,90)(H,81,107)(H,82,103)(H,83,104)(H,91,92)(H,93,94)(H,95,96)(H,108,109)/t32-,33-,34+,35-,36-,37-,38-,39-,40-,41-,50-,51-,52-,53-/m0/s1. The van der Waals surface area contributed by atoms with Gasteiger partial charge in [0, 0.05) is 19.3 Å². The van der Waals surface area contributed by atoms with Crippen molar-refractivity contribution in [2.24, 2.45) is 35.1 Å². The third-order valence-corrected chi connectivity index (χ3v) is 16.4. The van der Waals surface area contributed by atoms with Crippen molar-refractivity contribution in [3.63, 3.8) is 0 Å². The number of hydrogen-bond donors (Lipinski definition) is 23. The molecule has 25 N–H and O–H groups in total. The Labute approximate surface area is 632 Å². The number of aliphatic hydroxyl groups excluding tert-OH is 2. The van der Waals surface area contributed by atoms with Gasteiger partial charge in [0.2, 0.25) is 94.5 Å². The van der Waals surface area contributed by atoms with Crippen molar-refractivity contribution >= 4 is 130 Å². The minimum Gasteiger partial charge on any atom is -0.481 e. The van der Waals surface area contributed by atoms with Gasteiger partial charge in [-0.25, -0.2) is 4.79 Å². The molecule has 14 atom stereocenters. The van der Waals surface area contributed by atoms with Gasteiger partial charge in [0.1, 0.15) is 78.4 Å². The number of unbranched alkanes of at least 4 members (excludes halogenated alkanes) is 1. The topological polar surface area (TPSA) is 695 Å². The highest BCUT2D eigenvalue weighted by molar-refractivity contribution is 6.27. The van der Waals surface area contributed by atoms with Gasteiger partial charge in [-0.05, 0) is 89.0 Å². The number of carbonyl (C=O) groups is 20. The van der Waals surface area contributed by atoms with Crippen LogP contribution in [0.1, 0.15) is 146 Å². The van der Waals surface area contributed by atoms with E-state index in [0.29, 0.717) is 6.42 Å². The maximum Gasteiger partial charge on any atom is 0.326 e. The van der Waals surface area contributed by atoms with Crippen LogP contribution in [-0.4, -0.2) is 266 Å². The zero-order valence-electron chi connectivity index (χ0n) is 62.4. The molecule has 16 amide bonds. The minimum absolute atomic E-state index is 0.0748. The fourth-order valence-electron chi connectivity index (χ4n) is 9.87. The number of alkyl halides is 1. The third-order valence-electron chi connectivity index (χ3n) is 16.2. The second-order valence-corrected chi connectivity index (χ2v) is 26.9. The number of rotatable bonds is 54. The van der Waals surface area contributed by atoms with E-state index in [1.54, 1.807) is 27.7 Å². The lowest BCUT2D eigenvalue weighted by molar-refractivity contribution is -0.144. The maximum atomic E-state index is 14.1. The molecule has 0 unspecified atom stereocenters. The number of carboxylic acids is 4. The van der Waals surface area contributed by atoms with Crippen LogP contribution < -0.4 is 91.2 Å². The lowest BCUT2D eigenvalue weighted by Crippen LogP contribution is -2.62. The summed E-state index contributed by atoms with van der Waals surface area (Å²) >= 11 is 5.43. The molecular weight excluding hydrogens is 1470 g/mol. The molecule has 0 rings (SSSR count). The summed E-state index contributed by atoms with van der Waals surface area (Å²) in [5.41, 5.74) is 10.9. The Bertz CT molecular complexity index is 3200. The van der Waals surface area contributed by atoms with Crippen molar-refractivity contribution in [1.82, 2.24) is 79.8 Å². The summed E-state index contributed by atoms with van der Waals surface area (Å²) in [6.07, 6.45) is -6.17. The van der Waals surface area contributed by atoms with Crippen molar-refractivity contribution in [2.45, 2.75) is 225 Å². The van der Waals surface area contributed by atoms with E-state index in [2.05, 4.69) is 74.4 Å². The van der Waals surface area contributed by atoms with Crippen LogP contribution >= 0.6 is 11.6 Å². The number of aliphatic carboxylic acids is 4.